The third-order valence-electron chi connectivity index (χ3n) is 5.73. The first-order chi connectivity index (χ1) is 15.8. The zero-order chi connectivity index (χ0) is 23.7. The molecule has 3 aromatic carbocycles. The molecule has 0 radical (unpaired) electrons. The standard InChI is InChI=1S/C26H23N3O4/c1-15(2)18-10-21-25(22(11-18)33-14-23(30)31)24-19(26(28)32)8-5-9-20(24)29(21)13-17-7-4-3-6-16(17)12-27/h3-11,15H,13-14H2,1-2H3,(H2,28,32)(H,30,31). The Labute approximate surface area is 190 Å². The maximum Gasteiger partial charge on any atom is 0.341 e. The molecule has 0 bridgehead atoms. The van der Waals surface area contributed by atoms with Crippen molar-refractivity contribution >= 4 is 33.7 Å². The van der Waals surface area contributed by atoms with Gasteiger partial charge in [-0.2, -0.15) is 5.26 Å². The van der Waals surface area contributed by atoms with E-state index in [0.29, 0.717) is 34.2 Å². The smallest absolute Gasteiger partial charge is 0.341 e. The van der Waals surface area contributed by atoms with Crippen LogP contribution in [0.5, 0.6) is 5.75 Å². The van der Waals surface area contributed by atoms with Crippen LogP contribution in [0.2, 0.25) is 0 Å². The number of aromatic nitrogens is 1. The lowest BCUT2D eigenvalue weighted by molar-refractivity contribution is -0.139. The second-order valence-corrected chi connectivity index (χ2v) is 8.17. The Bertz CT molecular complexity index is 1440. The summed E-state index contributed by atoms with van der Waals surface area (Å²) in [5, 5.41) is 20.0. The first kappa shape index (κ1) is 21.9. The van der Waals surface area contributed by atoms with Crippen LogP contribution in [0.4, 0.5) is 0 Å². The number of benzene rings is 3. The second kappa shape index (κ2) is 8.67. The monoisotopic (exact) mass is 441 g/mol. The SMILES string of the molecule is CC(C)c1cc(OCC(=O)O)c2c3c(C(N)=O)cccc3n(Cc3ccccc3C#N)c2c1. The highest BCUT2D eigenvalue weighted by Crippen LogP contribution is 2.40. The van der Waals surface area contributed by atoms with Gasteiger partial charge in [-0.25, -0.2) is 4.79 Å². The number of carbonyl (C=O) groups excluding carboxylic acids is 1. The van der Waals surface area contributed by atoms with E-state index in [0.717, 1.165) is 22.2 Å². The lowest BCUT2D eigenvalue weighted by Gasteiger charge is -2.14. The van der Waals surface area contributed by atoms with Crippen LogP contribution in [0.15, 0.2) is 54.6 Å². The van der Waals surface area contributed by atoms with Crippen LogP contribution < -0.4 is 10.5 Å². The maximum absolute atomic E-state index is 12.3. The van der Waals surface area contributed by atoms with Gasteiger partial charge in [0.2, 0.25) is 5.91 Å². The molecule has 4 aromatic rings. The van der Waals surface area contributed by atoms with E-state index < -0.39 is 18.5 Å². The molecular formula is C26H23N3O4. The van der Waals surface area contributed by atoms with Crippen molar-refractivity contribution in [2.24, 2.45) is 5.73 Å². The number of amides is 1. The Morgan fingerprint density at radius 2 is 1.85 bits per heavy atom. The molecule has 0 aliphatic rings. The number of hydrogen-bond acceptors (Lipinski definition) is 4. The zero-order valence-electron chi connectivity index (χ0n) is 18.3. The quantitative estimate of drug-likeness (QED) is 0.441. The van der Waals surface area contributed by atoms with E-state index in [4.69, 9.17) is 10.5 Å². The van der Waals surface area contributed by atoms with Crippen molar-refractivity contribution < 1.29 is 19.4 Å². The van der Waals surface area contributed by atoms with E-state index >= 15 is 0 Å². The minimum absolute atomic E-state index is 0.148. The van der Waals surface area contributed by atoms with Gasteiger partial charge >= 0.3 is 5.97 Å². The van der Waals surface area contributed by atoms with E-state index in [-0.39, 0.29) is 5.92 Å². The number of nitrogens with two attached hydrogens (primary N) is 1. The molecule has 0 saturated heterocycles. The van der Waals surface area contributed by atoms with Crippen LogP contribution in [0, 0.1) is 11.3 Å². The number of carboxylic acids is 1. The molecule has 0 fully saturated rings. The van der Waals surface area contributed by atoms with Crippen molar-refractivity contribution in [2.75, 3.05) is 6.61 Å². The van der Waals surface area contributed by atoms with Crippen molar-refractivity contribution in [1.29, 1.82) is 5.26 Å². The number of fused-ring (bicyclic) bond motifs is 3. The minimum atomic E-state index is -1.10. The van der Waals surface area contributed by atoms with Crippen molar-refractivity contribution in [3.63, 3.8) is 0 Å². The maximum atomic E-state index is 12.3. The lowest BCUT2D eigenvalue weighted by atomic mass is 9.99. The third-order valence-corrected chi connectivity index (χ3v) is 5.73. The van der Waals surface area contributed by atoms with E-state index in [1.54, 1.807) is 18.2 Å². The van der Waals surface area contributed by atoms with Gasteiger partial charge in [0, 0.05) is 17.5 Å². The largest absolute Gasteiger partial charge is 0.481 e. The van der Waals surface area contributed by atoms with E-state index in [2.05, 4.69) is 6.07 Å². The summed E-state index contributed by atoms with van der Waals surface area (Å²) in [7, 11) is 0. The van der Waals surface area contributed by atoms with Crippen LogP contribution >= 0.6 is 0 Å². The lowest BCUT2D eigenvalue weighted by Crippen LogP contribution is -2.12. The molecule has 0 unspecified atom stereocenters. The number of nitrogens with zero attached hydrogens (tertiary/aromatic N) is 2. The molecule has 7 nitrogen and oxygen atoms in total. The fourth-order valence-electron chi connectivity index (χ4n) is 4.14. The Morgan fingerprint density at radius 3 is 2.52 bits per heavy atom. The van der Waals surface area contributed by atoms with Gasteiger partial charge < -0.3 is 20.1 Å². The van der Waals surface area contributed by atoms with Crippen molar-refractivity contribution in [2.45, 2.75) is 26.3 Å². The van der Waals surface area contributed by atoms with E-state index in [1.807, 2.05) is 54.8 Å². The summed E-state index contributed by atoms with van der Waals surface area (Å²) >= 11 is 0. The van der Waals surface area contributed by atoms with Gasteiger partial charge in [-0.1, -0.05) is 38.1 Å². The molecule has 0 atom stereocenters. The van der Waals surface area contributed by atoms with Gasteiger partial charge in [0.1, 0.15) is 5.75 Å². The number of ether oxygens (including phenoxy) is 1. The third kappa shape index (κ3) is 3.99. The highest BCUT2D eigenvalue weighted by molar-refractivity contribution is 6.20. The number of aliphatic carboxylic acids is 1. The molecule has 1 amide bonds. The molecule has 7 heteroatoms. The molecule has 0 saturated carbocycles. The predicted octanol–water partition coefficient (Wildman–Crippen LogP) is 4.40. The number of nitriles is 1. The Balaban J connectivity index is 2.11. The van der Waals surface area contributed by atoms with Gasteiger partial charge in [-0.05, 0) is 47.4 Å². The first-order valence-corrected chi connectivity index (χ1v) is 10.5. The fourth-order valence-corrected chi connectivity index (χ4v) is 4.14. The Kier molecular flexibility index (Phi) is 5.76. The molecule has 4 rings (SSSR count). The van der Waals surface area contributed by atoms with Crippen molar-refractivity contribution in [1.82, 2.24) is 4.57 Å². The fraction of sp³-hybridized carbons (Fsp3) is 0.192. The van der Waals surface area contributed by atoms with Crippen molar-refractivity contribution in [3.8, 4) is 11.8 Å². The number of carboxylic acid groups (broad SMARTS) is 1. The average molecular weight is 441 g/mol. The van der Waals surface area contributed by atoms with Crippen LogP contribution in [0.25, 0.3) is 21.8 Å². The molecule has 33 heavy (non-hydrogen) atoms. The second-order valence-electron chi connectivity index (χ2n) is 8.17. The van der Waals surface area contributed by atoms with Gasteiger partial charge in [0.25, 0.3) is 0 Å². The number of rotatable bonds is 7. The summed E-state index contributed by atoms with van der Waals surface area (Å²) in [4.78, 5) is 23.6. The minimum Gasteiger partial charge on any atom is -0.481 e. The van der Waals surface area contributed by atoms with Gasteiger partial charge in [0.15, 0.2) is 6.61 Å². The molecule has 0 aliphatic heterocycles. The Hall–Kier alpha value is -4.31. The molecule has 0 aliphatic carbocycles. The molecule has 1 aromatic heterocycles. The van der Waals surface area contributed by atoms with Crippen LogP contribution in [-0.4, -0.2) is 28.2 Å². The Morgan fingerprint density at radius 1 is 1.09 bits per heavy atom. The summed E-state index contributed by atoms with van der Waals surface area (Å²) in [6.45, 7) is 3.94. The molecule has 166 valence electrons. The summed E-state index contributed by atoms with van der Waals surface area (Å²) in [5.74, 6) is -1.16. The van der Waals surface area contributed by atoms with E-state index in [1.165, 1.54) is 0 Å². The van der Waals surface area contributed by atoms with Crippen molar-refractivity contribution in [3.05, 3.63) is 76.9 Å². The van der Waals surface area contributed by atoms with Gasteiger partial charge in [-0.3, -0.25) is 4.79 Å². The average Bonchev–Trinajstić information content (AvgIpc) is 3.11. The van der Waals surface area contributed by atoms with E-state index in [9.17, 15) is 20.0 Å². The molecular weight excluding hydrogens is 418 g/mol. The summed E-state index contributed by atoms with van der Waals surface area (Å²) in [6, 6.07) is 18.7. The summed E-state index contributed by atoms with van der Waals surface area (Å²) in [5.41, 5.74) is 9.89. The highest BCUT2D eigenvalue weighted by atomic mass is 16.5. The van der Waals surface area contributed by atoms with Gasteiger partial charge in [0.05, 0.1) is 28.1 Å². The normalized spacial score (nSPS) is 11.1. The van der Waals surface area contributed by atoms with Crippen LogP contribution in [-0.2, 0) is 11.3 Å². The zero-order valence-corrected chi connectivity index (χ0v) is 18.3. The van der Waals surface area contributed by atoms with Crippen LogP contribution in [0.1, 0.15) is 46.8 Å². The van der Waals surface area contributed by atoms with Gasteiger partial charge in [-0.15, -0.1) is 0 Å². The summed E-state index contributed by atoms with van der Waals surface area (Å²) in [6.07, 6.45) is 0. The number of carbonyl (C=O) groups is 2. The van der Waals surface area contributed by atoms with Crippen LogP contribution in [0.3, 0.4) is 0 Å². The first-order valence-electron chi connectivity index (χ1n) is 10.5. The predicted molar refractivity (Wildman–Crippen MR) is 125 cm³/mol. The summed E-state index contributed by atoms with van der Waals surface area (Å²) < 4.78 is 7.73. The molecule has 3 N–H and O–H groups in total. The highest BCUT2D eigenvalue weighted by Gasteiger charge is 2.22. The molecule has 1 heterocycles. The number of hydrogen-bond donors (Lipinski definition) is 2. The number of primary amides is 1. The topological polar surface area (TPSA) is 118 Å². The molecule has 0 spiro atoms.